The van der Waals surface area contributed by atoms with Gasteiger partial charge in [-0.2, -0.15) is 0 Å². The first-order valence-corrected chi connectivity index (χ1v) is 12.9. The van der Waals surface area contributed by atoms with Gasteiger partial charge in [0.2, 0.25) is 0 Å². The number of ether oxygens (including phenoxy) is 1. The number of methoxy groups -OCH3 is 1. The van der Waals surface area contributed by atoms with Gasteiger partial charge in [0.15, 0.2) is 0 Å². The van der Waals surface area contributed by atoms with Gasteiger partial charge in [-0.1, -0.05) is 6.07 Å². The van der Waals surface area contributed by atoms with E-state index in [1.54, 1.807) is 31.1 Å². The second kappa shape index (κ2) is 14.7. The van der Waals surface area contributed by atoms with Crippen LogP contribution in [0.5, 0.6) is 5.75 Å². The van der Waals surface area contributed by atoms with E-state index in [0.29, 0.717) is 25.1 Å². The Kier molecular flexibility index (Phi) is 12.4. The van der Waals surface area contributed by atoms with Crippen LogP contribution in [0.3, 0.4) is 0 Å². The minimum Gasteiger partial charge on any atom is -0.497 e. The summed E-state index contributed by atoms with van der Waals surface area (Å²) in [6.07, 6.45) is 2.88. The topological polar surface area (TPSA) is 82.9 Å². The lowest BCUT2D eigenvalue weighted by molar-refractivity contribution is -0.146. The molecule has 10 heteroatoms. The van der Waals surface area contributed by atoms with Crippen molar-refractivity contribution in [1.29, 1.82) is 0 Å². The smallest absolute Gasteiger partial charge is 0.308 e. The summed E-state index contributed by atoms with van der Waals surface area (Å²) >= 11 is 1.58. The summed E-state index contributed by atoms with van der Waals surface area (Å²) < 4.78 is 18.7. The van der Waals surface area contributed by atoms with Gasteiger partial charge in [-0.05, 0) is 79.8 Å². The molecule has 3 aromatic rings. The number of aliphatic hydroxyl groups is 1. The number of benzene rings is 2. The molecule has 2 heterocycles. The second-order valence-electron chi connectivity index (χ2n) is 8.98. The summed E-state index contributed by atoms with van der Waals surface area (Å²) in [5, 5.41) is 21.7. The van der Waals surface area contributed by atoms with Crippen molar-refractivity contribution in [2.24, 2.45) is 11.8 Å². The SMILES string of the molecule is COc1ccc2nccc(C(O)CC[C@@H]3CCN(CCSc4cccc(F)c4)C[C@@H]3C(=O)O)c2c1.Cl.Cl. The Morgan fingerprint density at radius 3 is 2.78 bits per heavy atom. The summed E-state index contributed by atoms with van der Waals surface area (Å²) in [5.41, 5.74) is 1.57. The van der Waals surface area contributed by atoms with E-state index < -0.39 is 18.0 Å². The number of hydrogen-bond donors (Lipinski definition) is 2. The molecule has 37 heavy (non-hydrogen) atoms. The van der Waals surface area contributed by atoms with Crippen molar-refractivity contribution >= 4 is 53.4 Å². The summed E-state index contributed by atoms with van der Waals surface area (Å²) in [6.45, 7) is 2.07. The van der Waals surface area contributed by atoms with Crippen LogP contribution in [0, 0.1) is 17.7 Å². The summed E-state index contributed by atoms with van der Waals surface area (Å²) in [4.78, 5) is 19.5. The maximum Gasteiger partial charge on any atom is 0.308 e. The number of nitrogens with zero attached hydrogens (tertiary/aromatic N) is 2. The van der Waals surface area contributed by atoms with Crippen LogP contribution in [0.2, 0.25) is 0 Å². The number of carboxylic acid groups (broad SMARTS) is 1. The Balaban J connectivity index is 0.00000241. The highest BCUT2D eigenvalue weighted by Crippen LogP contribution is 2.34. The highest BCUT2D eigenvalue weighted by Gasteiger charge is 2.34. The number of rotatable bonds is 10. The molecule has 6 nitrogen and oxygen atoms in total. The Bertz CT molecular complexity index is 1170. The second-order valence-corrected chi connectivity index (χ2v) is 10.1. The fourth-order valence-corrected chi connectivity index (χ4v) is 5.79. The minimum atomic E-state index is -0.786. The van der Waals surface area contributed by atoms with E-state index in [1.807, 2.05) is 30.3 Å². The maximum atomic E-state index is 13.4. The van der Waals surface area contributed by atoms with Gasteiger partial charge in [-0.25, -0.2) is 4.39 Å². The third-order valence-corrected chi connectivity index (χ3v) is 7.76. The van der Waals surface area contributed by atoms with E-state index >= 15 is 0 Å². The van der Waals surface area contributed by atoms with Crippen molar-refractivity contribution in [1.82, 2.24) is 9.88 Å². The van der Waals surface area contributed by atoms with Crippen LogP contribution in [0.15, 0.2) is 59.6 Å². The van der Waals surface area contributed by atoms with E-state index in [2.05, 4.69) is 9.88 Å². The van der Waals surface area contributed by atoms with Crippen LogP contribution in [-0.4, -0.2) is 58.6 Å². The molecule has 1 aromatic heterocycles. The molecule has 0 radical (unpaired) electrons. The van der Waals surface area contributed by atoms with Crippen molar-refractivity contribution in [3.05, 3.63) is 66.1 Å². The van der Waals surface area contributed by atoms with Crippen LogP contribution >= 0.6 is 36.6 Å². The molecular weight excluding hydrogens is 538 g/mol. The molecule has 202 valence electrons. The minimum absolute atomic E-state index is 0. The third-order valence-electron chi connectivity index (χ3n) is 6.78. The van der Waals surface area contributed by atoms with Crippen molar-refractivity contribution < 1.29 is 24.1 Å². The molecule has 2 aromatic carbocycles. The van der Waals surface area contributed by atoms with Crippen LogP contribution in [-0.2, 0) is 4.79 Å². The molecule has 0 amide bonds. The standard InChI is InChI=1S/C27H31FN2O4S.2ClH/c1-34-20-6-7-25-23(16-20)22(9-11-29-25)26(31)8-5-18-10-12-30(17-24(18)27(32)33)13-14-35-21-4-2-3-19(28)15-21;;/h2-4,6-7,9,11,15-16,18,24,26,31H,5,8,10,12-14,17H2,1H3,(H,32,33);2*1H/t18-,24+,26?;;/m1../s1. The van der Waals surface area contributed by atoms with E-state index in [9.17, 15) is 19.4 Å². The first-order chi connectivity index (χ1) is 16.9. The van der Waals surface area contributed by atoms with Gasteiger partial charge in [-0.15, -0.1) is 36.6 Å². The highest BCUT2D eigenvalue weighted by atomic mass is 35.5. The molecule has 4 rings (SSSR count). The zero-order valence-corrected chi connectivity index (χ0v) is 23.0. The summed E-state index contributed by atoms with van der Waals surface area (Å²) in [7, 11) is 1.60. The van der Waals surface area contributed by atoms with Gasteiger partial charge in [0.05, 0.1) is 24.6 Å². The number of likely N-dealkylation sites (tertiary alicyclic amines) is 1. The van der Waals surface area contributed by atoms with Crippen LogP contribution in [0.25, 0.3) is 10.9 Å². The summed E-state index contributed by atoms with van der Waals surface area (Å²) in [6, 6.07) is 13.9. The molecule has 1 aliphatic rings. The number of piperidine rings is 1. The number of hydrogen-bond acceptors (Lipinski definition) is 6. The number of aliphatic carboxylic acids is 1. The zero-order valence-electron chi connectivity index (χ0n) is 20.6. The predicted octanol–water partition coefficient (Wildman–Crippen LogP) is 5.85. The zero-order chi connectivity index (χ0) is 24.8. The van der Waals surface area contributed by atoms with Crippen molar-refractivity contribution in [3.8, 4) is 5.75 Å². The first-order valence-electron chi connectivity index (χ1n) is 11.9. The number of halogens is 3. The number of pyridine rings is 1. The number of aliphatic hydroxyl groups excluding tert-OH is 1. The molecule has 3 atom stereocenters. The maximum absolute atomic E-state index is 13.4. The Morgan fingerprint density at radius 2 is 2.05 bits per heavy atom. The molecular formula is C27H33Cl2FN2O4S. The monoisotopic (exact) mass is 570 g/mol. The molecule has 1 unspecified atom stereocenters. The van der Waals surface area contributed by atoms with Crippen LogP contribution in [0.4, 0.5) is 4.39 Å². The van der Waals surface area contributed by atoms with Gasteiger partial charge in [0.25, 0.3) is 0 Å². The average molecular weight is 572 g/mol. The van der Waals surface area contributed by atoms with E-state index in [-0.39, 0.29) is 36.5 Å². The third kappa shape index (κ3) is 8.19. The van der Waals surface area contributed by atoms with Crippen molar-refractivity contribution in [3.63, 3.8) is 0 Å². The Labute approximate surface area is 233 Å². The molecule has 0 bridgehead atoms. The molecule has 2 N–H and O–H groups in total. The highest BCUT2D eigenvalue weighted by molar-refractivity contribution is 7.99. The van der Waals surface area contributed by atoms with Gasteiger partial charge in [-0.3, -0.25) is 9.78 Å². The lowest BCUT2D eigenvalue weighted by atomic mass is 9.81. The lowest BCUT2D eigenvalue weighted by Gasteiger charge is -2.37. The van der Waals surface area contributed by atoms with Crippen molar-refractivity contribution in [2.75, 3.05) is 32.5 Å². The molecule has 0 saturated carbocycles. The predicted molar refractivity (Wildman–Crippen MR) is 150 cm³/mol. The summed E-state index contributed by atoms with van der Waals surface area (Å²) in [5.74, 6) is -0.0133. The lowest BCUT2D eigenvalue weighted by Crippen LogP contribution is -2.44. The molecule has 1 aliphatic heterocycles. The van der Waals surface area contributed by atoms with E-state index in [1.165, 1.54) is 12.1 Å². The van der Waals surface area contributed by atoms with Crippen molar-refractivity contribution in [2.45, 2.75) is 30.3 Å². The average Bonchev–Trinajstić information content (AvgIpc) is 2.87. The fourth-order valence-electron chi connectivity index (χ4n) is 4.84. The van der Waals surface area contributed by atoms with Gasteiger partial charge >= 0.3 is 5.97 Å². The molecule has 0 spiro atoms. The number of carbonyl (C=O) groups is 1. The fraction of sp³-hybridized carbons (Fsp3) is 0.407. The normalized spacial score (nSPS) is 18.5. The van der Waals surface area contributed by atoms with E-state index in [4.69, 9.17) is 4.74 Å². The Hall–Kier alpha value is -2.10. The first kappa shape index (κ1) is 31.1. The largest absolute Gasteiger partial charge is 0.497 e. The Morgan fingerprint density at radius 1 is 1.24 bits per heavy atom. The van der Waals surface area contributed by atoms with Crippen LogP contribution in [0.1, 0.15) is 30.9 Å². The molecule has 1 fully saturated rings. The number of thioether (sulfide) groups is 1. The van der Waals surface area contributed by atoms with Gasteiger partial charge in [0, 0.05) is 35.3 Å². The quantitative estimate of drug-likeness (QED) is 0.295. The van der Waals surface area contributed by atoms with Gasteiger partial charge in [0.1, 0.15) is 11.6 Å². The number of carboxylic acids is 1. The van der Waals surface area contributed by atoms with Gasteiger partial charge < -0.3 is 19.8 Å². The molecule has 1 saturated heterocycles. The van der Waals surface area contributed by atoms with Crippen LogP contribution < -0.4 is 4.74 Å². The molecule has 0 aliphatic carbocycles. The number of aromatic nitrogens is 1. The number of fused-ring (bicyclic) bond motifs is 1. The van der Waals surface area contributed by atoms with E-state index in [0.717, 1.165) is 46.6 Å².